The molecule has 0 unspecified atom stereocenters. The normalized spacial score (nSPS) is 10.2. The maximum absolute atomic E-state index is 11.6. The Morgan fingerprint density at radius 1 is 1.15 bits per heavy atom. The highest BCUT2D eigenvalue weighted by Crippen LogP contribution is 2.16. The average molecular weight is 279 g/mol. The van der Waals surface area contributed by atoms with Gasteiger partial charge < -0.3 is 14.8 Å². The van der Waals surface area contributed by atoms with E-state index in [9.17, 15) is 9.59 Å². The minimum atomic E-state index is -0.391. The molecule has 0 fully saturated rings. The van der Waals surface area contributed by atoms with Crippen LogP contribution in [0.4, 0.5) is 5.69 Å². The van der Waals surface area contributed by atoms with Gasteiger partial charge in [0.25, 0.3) is 0 Å². The summed E-state index contributed by atoms with van der Waals surface area (Å²) in [6.07, 6.45) is 0.191. The highest BCUT2D eigenvalue weighted by molar-refractivity contribution is 5.92. The number of rotatable bonds is 7. The number of ether oxygens (including phenoxy) is 2. The van der Waals surface area contributed by atoms with Crippen LogP contribution < -0.4 is 10.1 Å². The molecule has 5 nitrogen and oxygen atoms in total. The lowest BCUT2D eigenvalue weighted by atomic mass is 10.2. The van der Waals surface area contributed by atoms with E-state index in [0.29, 0.717) is 18.2 Å². The molecule has 0 spiro atoms. The Bertz CT molecular complexity index is 440. The van der Waals surface area contributed by atoms with Crippen LogP contribution in [0.5, 0.6) is 5.75 Å². The summed E-state index contributed by atoms with van der Waals surface area (Å²) >= 11 is 0. The van der Waals surface area contributed by atoms with Gasteiger partial charge in [0.05, 0.1) is 20.1 Å². The minimum absolute atomic E-state index is 0.0813. The molecule has 0 saturated heterocycles. The largest absolute Gasteiger partial charge is 0.493 e. The molecule has 0 saturated carbocycles. The van der Waals surface area contributed by atoms with Crippen LogP contribution in [-0.2, 0) is 14.3 Å². The van der Waals surface area contributed by atoms with Crippen molar-refractivity contribution in [3.63, 3.8) is 0 Å². The smallest absolute Gasteiger partial charge is 0.306 e. The summed E-state index contributed by atoms with van der Waals surface area (Å²) < 4.78 is 10.0. The zero-order chi connectivity index (χ0) is 15.0. The zero-order valence-corrected chi connectivity index (χ0v) is 12.1. The number of nitrogens with one attached hydrogen (secondary N) is 1. The molecule has 0 aliphatic carbocycles. The van der Waals surface area contributed by atoms with Crippen LogP contribution in [0.3, 0.4) is 0 Å². The van der Waals surface area contributed by atoms with E-state index in [1.807, 2.05) is 0 Å². The van der Waals surface area contributed by atoms with Gasteiger partial charge in [0.1, 0.15) is 5.75 Å². The van der Waals surface area contributed by atoms with Crippen molar-refractivity contribution in [2.45, 2.75) is 26.7 Å². The molecule has 1 amide bonds. The van der Waals surface area contributed by atoms with Crippen molar-refractivity contribution >= 4 is 17.6 Å². The Kier molecular flexibility index (Phi) is 6.56. The van der Waals surface area contributed by atoms with Crippen LogP contribution in [-0.4, -0.2) is 25.6 Å². The number of hydrogen-bond acceptors (Lipinski definition) is 4. The predicted molar refractivity (Wildman–Crippen MR) is 76.7 cm³/mol. The zero-order valence-electron chi connectivity index (χ0n) is 12.1. The molecule has 0 aliphatic heterocycles. The molecule has 0 atom stereocenters. The fourth-order valence-corrected chi connectivity index (χ4v) is 1.44. The van der Waals surface area contributed by atoms with Crippen molar-refractivity contribution in [1.82, 2.24) is 0 Å². The molecule has 0 radical (unpaired) electrons. The Labute approximate surface area is 119 Å². The van der Waals surface area contributed by atoms with Crippen molar-refractivity contribution in [3.05, 3.63) is 24.3 Å². The number of amides is 1. The molecule has 20 heavy (non-hydrogen) atoms. The van der Waals surface area contributed by atoms with E-state index < -0.39 is 5.97 Å². The van der Waals surface area contributed by atoms with Gasteiger partial charge in [0.2, 0.25) is 5.91 Å². The SMILES string of the molecule is COC(=O)CCC(=O)Nc1ccc(OCC(C)C)cc1. The molecular formula is C15H21NO4. The topological polar surface area (TPSA) is 64.6 Å². The first kappa shape index (κ1) is 16.0. The molecule has 0 aliphatic rings. The van der Waals surface area contributed by atoms with Gasteiger partial charge in [-0.05, 0) is 30.2 Å². The van der Waals surface area contributed by atoms with E-state index in [1.54, 1.807) is 24.3 Å². The molecular weight excluding hydrogens is 258 g/mol. The number of benzene rings is 1. The number of carbonyl (C=O) groups excluding carboxylic acids is 2. The van der Waals surface area contributed by atoms with Gasteiger partial charge >= 0.3 is 5.97 Å². The summed E-state index contributed by atoms with van der Waals surface area (Å²) in [6.45, 7) is 4.82. The Morgan fingerprint density at radius 2 is 1.80 bits per heavy atom. The van der Waals surface area contributed by atoms with Gasteiger partial charge in [-0.2, -0.15) is 0 Å². The van der Waals surface area contributed by atoms with E-state index in [2.05, 4.69) is 23.9 Å². The summed E-state index contributed by atoms with van der Waals surface area (Å²) in [5, 5.41) is 2.71. The third-order valence-electron chi connectivity index (χ3n) is 2.51. The van der Waals surface area contributed by atoms with Gasteiger partial charge in [-0.15, -0.1) is 0 Å². The van der Waals surface area contributed by atoms with Gasteiger partial charge in [0.15, 0.2) is 0 Å². The molecule has 0 bridgehead atoms. The van der Waals surface area contributed by atoms with Crippen molar-refractivity contribution in [2.24, 2.45) is 5.92 Å². The van der Waals surface area contributed by atoms with Crippen LogP contribution in [0.15, 0.2) is 24.3 Å². The van der Waals surface area contributed by atoms with E-state index in [-0.39, 0.29) is 18.7 Å². The number of anilines is 1. The van der Waals surface area contributed by atoms with Crippen molar-refractivity contribution in [3.8, 4) is 5.75 Å². The van der Waals surface area contributed by atoms with Crippen LogP contribution in [0.1, 0.15) is 26.7 Å². The van der Waals surface area contributed by atoms with Crippen LogP contribution in [0.2, 0.25) is 0 Å². The van der Waals surface area contributed by atoms with Crippen LogP contribution >= 0.6 is 0 Å². The summed E-state index contributed by atoms with van der Waals surface area (Å²) in [6, 6.07) is 7.15. The van der Waals surface area contributed by atoms with Gasteiger partial charge in [-0.1, -0.05) is 13.8 Å². The predicted octanol–water partition coefficient (Wildman–Crippen LogP) is 2.61. The second kappa shape index (κ2) is 8.19. The highest BCUT2D eigenvalue weighted by atomic mass is 16.5. The highest BCUT2D eigenvalue weighted by Gasteiger charge is 2.07. The van der Waals surface area contributed by atoms with E-state index in [1.165, 1.54) is 7.11 Å². The first-order chi connectivity index (χ1) is 9.51. The number of methoxy groups -OCH3 is 1. The summed E-state index contributed by atoms with van der Waals surface area (Å²) in [5.41, 5.74) is 0.678. The molecule has 1 aromatic carbocycles. The standard InChI is InChI=1S/C15H21NO4/c1-11(2)10-20-13-6-4-12(5-7-13)16-14(17)8-9-15(18)19-3/h4-7,11H,8-10H2,1-3H3,(H,16,17). The van der Waals surface area contributed by atoms with E-state index in [0.717, 1.165) is 5.75 Å². The Hall–Kier alpha value is -2.04. The van der Waals surface area contributed by atoms with Crippen molar-refractivity contribution in [1.29, 1.82) is 0 Å². The number of hydrogen-bond donors (Lipinski definition) is 1. The quantitative estimate of drug-likeness (QED) is 0.779. The molecule has 1 rings (SSSR count). The maximum Gasteiger partial charge on any atom is 0.306 e. The van der Waals surface area contributed by atoms with Gasteiger partial charge in [0, 0.05) is 12.1 Å². The molecule has 1 N–H and O–H groups in total. The second-order valence-corrected chi connectivity index (χ2v) is 4.85. The molecule has 110 valence electrons. The molecule has 0 heterocycles. The Morgan fingerprint density at radius 3 is 2.35 bits per heavy atom. The monoisotopic (exact) mass is 279 g/mol. The maximum atomic E-state index is 11.6. The van der Waals surface area contributed by atoms with E-state index in [4.69, 9.17) is 4.74 Å². The van der Waals surface area contributed by atoms with E-state index >= 15 is 0 Å². The van der Waals surface area contributed by atoms with Gasteiger partial charge in [-0.25, -0.2) is 0 Å². The Balaban J connectivity index is 2.40. The lowest BCUT2D eigenvalue weighted by molar-refractivity contribution is -0.141. The summed E-state index contributed by atoms with van der Waals surface area (Å²) in [5.74, 6) is 0.628. The minimum Gasteiger partial charge on any atom is -0.493 e. The average Bonchev–Trinajstić information content (AvgIpc) is 2.44. The second-order valence-electron chi connectivity index (χ2n) is 4.85. The number of carbonyl (C=O) groups is 2. The van der Waals surface area contributed by atoms with Gasteiger partial charge in [-0.3, -0.25) is 9.59 Å². The summed E-state index contributed by atoms with van der Waals surface area (Å²) in [7, 11) is 1.30. The molecule has 1 aromatic rings. The lowest BCUT2D eigenvalue weighted by Gasteiger charge is -2.09. The summed E-state index contributed by atoms with van der Waals surface area (Å²) in [4.78, 5) is 22.5. The third-order valence-corrected chi connectivity index (χ3v) is 2.51. The van der Waals surface area contributed by atoms with Crippen molar-refractivity contribution < 1.29 is 19.1 Å². The van der Waals surface area contributed by atoms with Crippen LogP contribution in [0, 0.1) is 5.92 Å². The third kappa shape index (κ3) is 6.22. The molecule has 0 aromatic heterocycles. The number of esters is 1. The fraction of sp³-hybridized carbons (Fsp3) is 0.467. The van der Waals surface area contributed by atoms with Crippen molar-refractivity contribution in [2.75, 3.05) is 19.0 Å². The first-order valence-corrected chi connectivity index (χ1v) is 6.60. The van der Waals surface area contributed by atoms with Crippen LogP contribution in [0.25, 0.3) is 0 Å². The first-order valence-electron chi connectivity index (χ1n) is 6.60. The molecule has 5 heteroatoms. The fourth-order valence-electron chi connectivity index (χ4n) is 1.44. The lowest BCUT2D eigenvalue weighted by Crippen LogP contribution is -2.13.